The van der Waals surface area contributed by atoms with Gasteiger partial charge in [-0.2, -0.15) is 0 Å². The van der Waals surface area contributed by atoms with E-state index >= 15 is 0 Å². The van der Waals surface area contributed by atoms with Gasteiger partial charge in [0.05, 0.1) is 48.8 Å². The minimum Gasteiger partial charge on any atom is -0.393 e. The highest BCUT2D eigenvalue weighted by Crippen LogP contribution is 2.89. The lowest BCUT2D eigenvalue weighted by atomic mass is 9.41. The van der Waals surface area contributed by atoms with E-state index in [1.54, 1.807) is 13.8 Å². The molecule has 20 atom stereocenters. The van der Waals surface area contributed by atoms with Gasteiger partial charge in [-0.3, -0.25) is 0 Å². The summed E-state index contributed by atoms with van der Waals surface area (Å²) >= 11 is 0. The summed E-state index contributed by atoms with van der Waals surface area (Å²) in [4.78, 5) is 0. The SMILES string of the molecule is CC(C)(O)[C@H]1CC[C@@](C)([C@H]2[C@@H](O)C[C@@]3(C)[C@@H]4C[C@H](O[C@H]5OC[C@H](O)[C@@H](O)[C@@H]5O)[C@H]5C(C)(C)[C@@H](O[C@@H]6OC[C@@H](O)[C@H](O)[C@H]6O)CC[C@@]56C[C@@]46CC[C@]23C)O1. The molecule has 2 spiro atoms. The van der Waals surface area contributed by atoms with Gasteiger partial charge in [-0.1, -0.05) is 27.7 Å². The second-order valence-corrected chi connectivity index (χ2v) is 20.6. The maximum atomic E-state index is 12.2. The fourth-order valence-corrected chi connectivity index (χ4v) is 14.6. The Morgan fingerprint density at radius 2 is 1.25 bits per heavy atom. The van der Waals surface area contributed by atoms with E-state index in [9.17, 15) is 40.9 Å². The van der Waals surface area contributed by atoms with Crippen LogP contribution in [0.2, 0.25) is 0 Å². The number of hydrogen-bond acceptors (Lipinski definition) is 13. The molecule has 8 aliphatic rings. The molecule has 0 bridgehead atoms. The fraction of sp³-hybridized carbons (Fsp3) is 1.00. The smallest absolute Gasteiger partial charge is 0.186 e. The van der Waals surface area contributed by atoms with Crippen LogP contribution in [-0.2, 0) is 23.7 Å². The van der Waals surface area contributed by atoms with E-state index < -0.39 is 84.1 Å². The normalized spacial score (nSPS) is 59.0. The number of ether oxygens (including phenoxy) is 5. The molecule has 8 rings (SSSR count). The molecule has 3 saturated heterocycles. The Balaban J connectivity index is 1.14. The van der Waals surface area contributed by atoms with Gasteiger partial charge in [0.15, 0.2) is 12.6 Å². The maximum Gasteiger partial charge on any atom is 0.186 e. The van der Waals surface area contributed by atoms with Gasteiger partial charge in [0.1, 0.15) is 36.6 Å². The highest BCUT2D eigenvalue weighted by atomic mass is 16.7. The molecule has 5 aliphatic carbocycles. The van der Waals surface area contributed by atoms with Gasteiger partial charge in [0, 0.05) is 5.92 Å². The molecule has 0 aromatic rings. The molecular weight excluding hydrogens is 688 g/mol. The van der Waals surface area contributed by atoms with Gasteiger partial charge in [-0.05, 0) is 117 Å². The minimum atomic E-state index is -1.45. The third-order valence-electron chi connectivity index (χ3n) is 17.2. The molecule has 3 heterocycles. The Kier molecular flexibility index (Phi) is 9.27. The largest absolute Gasteiger partial charge is 0.393 e. The van der Waals surface area contributed by atoms with Crippen LogP contribution in [0.1, 0.15) is 106 Å². The van der Waals surface area contributed by atoms with Crippen LogP contribution in [0.5, 0.6) is 0 Å². The average Bonchev–Trinajstić information content (AvgIpc) is 3.44. The van der Waals surface area contributed by atoms with Crippen molar-refractivity contribution in [1.82, 2.24) is 0 Å². The molecular formula is C40H66O13. The van der Waals surface area contributed by atoms with Crippen molar-refractivity contribution < 1.29 is 64.5 Å². The first kappa shape index (κ1) is 39.3. The lowest BCUT2D eigenvalue weighted by Gasteiger charge is -2.65. The molecule has 0 radical (unpaired) electrons. The summed E-state index contributed by atoms with van der Waals surface area (Å²) in [6.45, 7) is 14.4. The van der Waals surface area contributed by atoms with Crippen molar-refractivity contribution in [3.63, 3.8) is 0 Å². The quantitative estimate of drug-likeness (QED) is 0.181. The van der Waals surface area contributed by atoms with Crippen molar-refractivity contribution in [2.24, 2.45) is 44.8 Å². The van der Waals surface area contributed by atoms with Gasteiger partial charge in [0.25, 0.3) is 0 Å². The van der Waals surface area contributed by atoms with Crippen molar-refractivity contribution in [1.29, 1.82) is 0 Å². The Morgan fingerprint density at radius 1 is 0.642 bits per heavy atom. The lowest BCUT2D eigenvalue weighted by Crippen LogP contribution is -2.64. The molecule has 8 fully saturated rings. The van der Waals surface area contributed by atoms with E-state index in [1.165, 1.54) is 0 Å². The van der Waals surface area contributed by atoms with Crippen LogP contribution >= 0.6 is 0 Å². The highest BCUT2D eigenvalue weighted by molar-refractivity contribution is 5.33. The first-order valence-electron chi connectivity index (χ1n) is 20.3. The predicted molar refractivity (Wildman–Crippen MR) is 188 cm³/mol. The van der Waals surface area contributed by atoms with Gasteiger partial charge < -0.3 is 64.5 Å². The van der Waals surface area contributed by atoms with E-state index in [-0.39, 0.29) is 58.7 Å². The molecule has 0 amide bonds. The molecule has 0 aromatic carbocycles. The van der Waals surface area contributed by atoms with Crippen molar-refractivity contribution in [2.75, 3.05) is 13.2 Å². The van der Waals surface area contributed by atoms with Gasteiger partial charge >= 0.3 is 0 Å². The van der Waals surface area contributed by atoms with Crippen molar-refractivity contribution >= 4 is 0 Å². The van der Waals surface area contributed by atoms with E-state index in [0.717, 1.165) is 38.5 Å². The standard InChI is InChI=1S/C40H66O13/c1-34(2)24(52-33-29(47)27(45)21(43)17-50-33)9-11-40-18-39(40)13-12-36(5)30(38(7)10-8-25(53-38)35(3,4)48)19(41)15-37(36,6)23(39)14-22(31(34)40)51-32-28(46)26(44)20(42)16-49-32/h19-33,41-48H,8-18H2,1-7H3/t19-,20-,21+,22-,23-,24-,25+,26+,27-,28-,29+,30-,31-,32+,33-,36+,37-,38-,39-,40+/m0/s1. The first-order chi connectivity index (χ1) is 24.6. The van der Waals surface area contributed by atoms with Gasteiger partial charge in [0.2, 0.25) is 0 Å². The molecule has 13 nitrogen and oxygen atoms in total. The van der Waals surface area contributed by atoms with Crippen LogP contribution in [0.15, 0.2) is 0 Å². The fourth-order valence-electron chi connectivity index (χ4n) is 14.6. The Morgan fingerprint density at radius 3 is 1.83 bits per heavy atom. The first-order valence-corrected chi connectivity index (χ1v) is 20.3. The minimum absolute atomic E-state index is 0.0153. The molecule has 8 N–H and O–H groups in total. The third-order valence-corrected chi connectivity index (χ3v) is 17.2. The third kappa shape index (κ3) is 5.42. The monoisotopic (exact) mass is 754 g/mol. The Bertz CT molecular complexity index is 1410. The van der Waals surface area contributed by atoms with E-state index in [2.05, 4.69) is 34.6 Å². The zero-order valence-corrected chi connectivity index (χ0v) is 32.6. The molecule has 0 unspecified atom stereocenters. The molecule has 3 aliphatic heterocycles. The van der Waals surface area contributed by atoms with Crippen LogP contribution in [0.25, 0.3) is 0 Å². The zero-order chi connectivity index (χ0) is 38.5. The summed E-state index contributed by atoms with van der Waals surface area (Å²) < 4.78 is 31.8. The van der Waals surface area contributed by atoms with Crippen LogP contribution in [0.4, 0.5) is 0 Å². The van der Waals surface area contributed by atoms with E-state index in [1.807, 2.05) is 0 Å². The Hall–Kier alpha value is -0.520. The molecule has 13 heteroatoms. The van der Waals surface area contributed by atoms with Crippen molar-refractivity contribution in [3.8, 4) is 0 Å². The van der Waals surface area contributed by atoms with Crippen molar-refractivity contribution in [3.05, 3.63) is 0 Å². The second kappa shape index (κ2) is 12.5. The van der Waals surface area contributed by atoms with Crippen LogP contribution in [-0.4, -0.2) is 139 Å². The Labute approximate surface area is 313 Å². The summed E-state index contributed by atoms with van der Waals surface area (Å²) in [7, 11) is 0. The zero-order valence-electron chi connectivity index (χ0n) is 32.6. The summed E-state index contributed by atoms with van der Waals surface area (Å²) in [6, 6.07) is 0. The lowest BCUT2D eigenvalue weighted by molar-refractivity contribution is -0.326. The second-order valence-electron chi connectivity index (χ2n) is 20.6. The van der Waals surface area contributed by atoms with Gasteiger partial charge in [-0.15, -0.1) is 0 Å². The molecule has 53 heavy (non-hydrogen) atoms. The van der Waals surface area contributed by atoms with Crippen molar-refractivity contribution in [2.45, 2.75) is 191 Å². The summed E-state index contributed by atoms with van der Waals surface area (Å²) in [5.74, 6) is -0.0540. The number of hydrogen-bond donors (Lipinski definition) is 8. The van der Waals surface area contributed by atoms with Crippen LogP contribution in [0.3, 0.4) is 0 Å². The summed E-state index contributed by atoms with van der Waals surface area (Å²) in [6.07, 6.45) is -4.95. The summed E-state index contributed by atoms with van der Waals surface area (Å²) in [5, 5.41) is 86.4. The van der Waals surface area contributed by atoms with Crippen LogP contribution < -0.4 is 0 Å². The number of aliphatic hydroxyl groups is 8. The van der Waals surface area contributed by atoms with E-state index in [0.29, 0.717) is 19.3 Å². The number of fused-ring (bicyclic) bond motifs is 2. The maximum absolute atomic E-state index is 12.2. The topological polar surface area (TPSA) is 208 Å². The average molecular weight is 755 g/mol. The molecule has 0 aromatic heterocycles. The highest BCUT2D eigenvalue weighted by Gasteiger charge is 2.85. The van der Waals surface area contributed by atoms with E-state index in [4.69, 9.17) is 23.7 Å². The predicted octanol–water partition coefficient (Wildman–Crippen LogP) is 1.36. The number of rotatable bonds is 6. The summed E-state index contributed by atoms with van der Waals surface area (Å²) in [5.41, 5.74) is -2.85. The van der Waals surface area contributed by atoms with Gasteiger partial charge in [-0.25, -0.2) is 0 Å². The molecule has 5 saturated carbocycles. The number of aliphatic hydroxyl groups excluding tert-OH is 7. The molecule has 304 valence electrons. The van der Waals surface area contributed by atoms with Crippen LogP contribution in [0, 0.1) is 44.8 Å².